The van der Waals surface area contributed by atoms with Gasteiger partial charge in [-0.3, -0.25) is 0 Å². The van der Waals surface area contributed by atoms with E-state index in [4.69, 9.17) is 11.6 Å². The van der Waals surface area contributed by atoms with Crippen molar-refractivity contribution in [3.05, 3.63) is 35.6 Å². The second-order valence-electron chi connectivity index (χ2n) is 2.51. The Labute approximate surface area is 74.4 Å². The highest BCUT2D eigenvalue weighted by atomic mass is 35.5. The molecule has 0 aliphatic carbocycles. The molecular formula is C9H6ClNO. The Hall–Kier alpha value is -1.28. The molecule has 1 aromatic heterocycles. The van der Waals surface area contributed by atoms with Crippen LogP contribution in [-0.4, -0.2) is 10.1 Å². The van der Waals surface area contributed by atoms with E-state index in [1.54, 1.807) is 24.4 Å². The van der Waals surface area contributed by atoms with Gasteiger partial charge in [0.2, 0.25) is 0 Å². The lowest BCUT2D eigenvalue weighted by Crippen LogP contribution is -1.77. The molecule has 0 atom stereocenters. The Morgan fingerprint density at radius 2 is 2.17 bits per heavy atom. The van der Waals surface area contributed by atoms with Crippen molar-refractivity contribution in [2.45, 2.75) is 0 Å². The predicted molar refractivity (Wildman–Crippen MR) is 48.4 cm³/mol. The van der Waals surface area contributed by atoms with Crippen molar-refractivity contribution in [2.24, 2.45) is 0 Å². The minimum absolute atomic E-state index is 0.233. The molecular weight excluding hydrogens is 174 g/mol. The van der Waals surface area contributed by atoms with Crippen LogP contribution in [0.3, 0.4) is 0 Å². The van der Waals surface area contributed by atoms with Crippen LogP contribution in [0.4, 0.5) is 0 Å². The van der Waals surface area contributed by atoms with Crippen LogP contribution in [0, 0.1) is 0 Å². The van der Waals surface area contributed by atoms with Crippen LogP contribution in [0.15, 0.2) is 30.5 Å². The van der Waals surface area contributed by atoms with Crippen LogP contribution >= 0.6 is 11.6 Å². The number of phenols is 1. The molecule has 0 saturated carbocycles. The number of phenolic OH excluding ortho intramolecular Hbond substituents is 1. The van der Waals surface area contributed by atoms with Crippen molar-refractivity contribution in [1.29, 1.82) is 0 Å². The lowest BCUT2D eigenvalue weighted by atomic mass is 10.2. The van der Waals surface area contributed by atoms with Crippen molar-refractivity contribution < 1.29 is 5.11 Å². The molecule has 0 bridgehead atoms. The van der Waals surface area contributed by atoms with Gasteiger partial charge in [0, 0.05) is 17.0 Å². The number of halogens is 1. The summed E-state index contributed by atoms with van der Waals surface area (Å²) in [5.41, 5.74) is 0. The fraction of sp³-hybridized carbons (Fsp3) is 0. The number of benzene rings is 1. The van der Waals surface area contributed by atoms with E-state index in [-0.39, 0.29) is 5.75 Å². The molecule has 0 fully saturated rings. The van der Waals surface area contributed by atoms with Gasteiger partial charge >= 0.3 is 0 Å². The minimum Gasteiger partial charge on any atom is -0.507 e. The lowest BCUT2D eigenvalue weighted by Gasteiger charge is -1.99. The van der Waals surface area contributed by atoms with Gasteiger partial charge in [0.05, 0.1) is 0 Å². The molecule has 60 valence electrons. The summed E-state index contributed by atoms with van der Waals surface area (Å²) in [4.78, 5) is 3.90. The van der Waals surface area contributed by atoms with E-state index in [0.717, 1.165) is 10.8 Å². The second-order valence-corrected chi connectivity index (χ2v) is 2.89. The molecule has 1 N–H and O–H groups in total. The first-order chi connectivity index (χ1) is 5.77. The van der Waals surface area contributed by atoms with E-state index in [1.165, 1.54) is 0 Å². The highest BCUT2D eigenvalue weighted by Crippen LogP contribution is 2.25. The van der Waals surface area contributed by atoms with E-state index in [1.807, 2.05) is 6.07 Å². The average Bonchev–Trinajstić information content (AvgIpc) is 2.07. The average molecular weight is 180 g/mol. The summed E-state index contributed by atoms with van der Waals surface area (Å²) in [6.45, 7) is 0. The molecule has 0 aliphatic heterocycles. The Morgan fingerprint density at radius 3 is 3.00 bits per heavy atom. The van der Waals surface area contributed by atoms with Gasteiger partial charge in [0.15, 0.2) is 0 Å². The van der Waals surface area contributed by atoms with Gasteiger partial charge < -0.3 is 5.11 Å². The largest absolute Gasteiger partial charge is 0.507 e. The summed E-state index contributed by atoms with van der Waals surface area (Å²) < 4.78 is 0. The van der Waals surface area contributed by atoms with E-state index < -0.39 is 0 Å². The summed E-state index contributed by atoms with van der Waals surface area (Å²) in [6, 6.07) is 6.91. The number of nitrogens with zero attached hydrogens (tertiary/aromatic N) is 1. The zero-order chi connectivity index (χ0) is 8.55. The van der Waals surface area contributed by atoms with E-state index in [0.29, 0.717) is 5.15 Å². The Balaban J connectivity index is 2.88. The first kappa shape index (κ1) is 7.37. The number of rotatable bonds is 0. The molecule has 0 unspecified atom stereocenters. The van der Waals surface area contributed by atoms with Crippen LogP contribution in [-0.2, 0) is 0 Å². The molecule has 3 heteroatoms. The molecule has 2 aromatic rings. The van der Waals surface area contributed by atoms with Gasteiger partial charge in [0.25, 0.3) is 0 Å². The Kier molecular flexibility index (Phi) is 1.62. The van der Waals surface area contributed by atoms with Crippen LogP contribution in [0.2, 0.25) is 5.15 Å². The van der Waals surface area contributed by atoms with Crippen molar-refractivity contribution >= 4 is 22.4 Å². The first-order valence-corrected chi connectivity index (χ1v) is 3.88. The molecule has 2 nitrogen and oxygen atoms in total. The number of pyridine rings is 1. The Morgan fingerprint density at radius 1 is 1.33 bits per heavy atom. The van der Waals surface area contributed by atoms with Gasteiger partial charge in [-0.1, -0.05) is 23.7 Å². The maximum absolute atomic E-state index is 9.41. The second kappa shape index (κ2) is 2.64. The zero-order valence-corrected chi connectivity index (χ0v) is 6.92. The highest BCUT2D eigenvalue weighted by Gasteiger charge is 1.99. The van der Waals surface area contributed by atoms with Crippen LogP contribution in [0.5, 0.6) is 5.75 Å². The molecule has 1 aromatic carbocycles. The van der Waals surface area contributed by atoms with Crippen molar-refractivity contribution in [3.63, 3.8) is 0 Å². The number of aromatic nitrogens is 1. The standard InChI is InChI=1S/C9H6ClNO/c10-9-4-7-6(5-11-9)2-1-3-8(7)12/h1-5,12H. The molecule has 12 heavy (non-hydrogen) atoms. The van der Waals surface area contributed by atoms with Crippen LogP contribution in [0.1, 0.15) is 0 Å². The summed E-state index contributed by atoms with van der Waals surface area (Å²) in [6.07, 6.45) is 1.64. The lowest BCUT2D eigenvalue weighted by molar-refractivity contribution is 0.481. The summed E-state index contributed by atoms with van der Waals surface area (Å²) in [5, 5.41) is 11.4. The summed E-state index contributed by atoms with van der Waals surface area (Å²) in [7, 11) is 0. The third-order valence-electron chi connectivity index (χ3n) is 1.71. The fourth-order valence-electron chi connectivity index (χ4n) is 1.13. The molecule has 0 aliphatic rings. The van der Waals surface area contributed by atoms with E-state index in [2.05, 4.69) is 4.98 Å². The van der Waals surface area contributed by atoms with E-state index in [9.17, 15) is 5.11 Å². The molecule has 0 spiro atoms. The molecule has 0 saturated heterocycles. The number of hydrogen-bond donors (Lipinski definition) is 1. The monoisotopic (exact) mass is 179 g/mol. The Bertz CT molecular complexity index is 428. The third kappa shape index (κ3) is 1.10. The topological polar surface area (TPSA) is 33.1 Å². The molecule has 1 heterocycles. The highest BCUT2D eigenvalue weighted by molar-refractivity contribution is 6.30. The van der Waals surface area contributed by atoms with Gasteiger partial charge in [-0.2, -0.15) is 0 Å². The third-order valence-corrected chi connectivity index (χ3v) is 1.91. The van der Waals surface area contributed by atoms with Gasteiger partial charge in [-0.05, 0) is 12.1 Å². The van der Waals surface area contributed by atoms with Crippen LogP contribution < -0.4 is 0 Å². The molecule has 0 radical (unpaired) electrons. The molecule has 2 rings (SSSR count). The minimum atomic E-state index is 0.233. The normalized spacial score (nSPS) is 10.4. The molecule has 0 amide bonds. The fourth-order valence-corrected chi connectivity index (χ4v) is 1.29. The van der Waals surface area contributed by atoms with Crippen molar-refractivity contribution in [2.75, 3.05) is 0 Å². The summed E-state index contributed by atoms with van der Waals surface area (Å²) in [5.74, 6) is 0.233. The van der Waals surface area contributed by atoms with Crippen LogP contribution in [0.25, 0.3) is 10.8 Å². The van der Waals surface area contributed by atoms with E-state index >= 15 is 0 Å². The van der Waals surface area contributed by atoms with Gasteiger partial charge in [0.1, 0.15) is 10.9 Å². The first-order valence-electron chi connectivity index (χ1n) is 3.50. The number of fused-ring (bicyclic) bond motifs is 1. The zero-order valence-electron chi connectivity index (χ0n) is 6.16. The van der Waals surface area contributed by atoms with Gasteiger partial charge in [-0.15, -0.1) is 0 Å². The predicted octanol–water partition coefficient (Wildman–Crippen LogP) is 2.59. The van der Waals surface area contributed by atoms with Crippen molar-refractivity contribution in [3.8, 4) is 5.75 Å². The maximum atomic E-state index is 9.41. The smallest absolute Gasteiger partial charge is 0.129 e. The summed E-state index contributed by atoms with van der Waals surface area (Å²) >= 11 is 5.67. The number of hydrogen-bond acceptors (Lipinski definition) is 2. The maximum Gasteiger partial charge on any atom is 0.129 e. The number of aromatic hydroxyl groups is 1. The quantitative estimate of drug-likeness (QED) is 0.631. The van der Waals surface area contributed by atoms with Crippen molar-refractivity contribution in [1.82, 2.24) is 4.98 Å². The SMILES string of the molecule is Oc1cccc2cnc(Cl)cc12. The van der Waals surface area contributed by atoms with Gasteiger partial charge in [-0.25, -0.2) is 4.98 Å².